The summed E-state index contributed by atoms with van der Waals surface area (Å²) in [6, 6.07) is 0. The smallest absolute Gasteiger partial charge is 0.358 e. The van der Waals surface area contributed by atoms with E-state index in [0.717, 1.165) is 6.20 Å². The lowest BCUT2D eigenvalue weighted by Gasteiger charge is -2.06. The molecule has 10 heteroatoms. The van der Waals surface area contributed by atoms with Crippen LogP contribution < -0.4 is 4.72 Å². The van der Waals surface area contributed by atoms with Crippen LogP contribution in [0, 0.1) is 0 Å². The molecule has 0 fully saturated rings. The fraction of sp³-hybridized carbons (Fsp3) is 0.200. The minimum Gasteiger partial charge on any atom is -0.476 e. The molecule has 2 rings (SSSR count). The molecule has 2 N–H and O–H groups in total. The number of hydrogen-bond acceptors (Lipinski definition) is 6. The minimum absolute atomic E-state index is 0.221. The van der Waals surface area contributed by atoms with Gasteiger partial charge in [-0.3, -0.25) is 4.72 Å². The van der Waals surface area contributed by atoms with Gasteiger partial charge in [0.1, 0.15) is 0 Å². The molecule has 9 nitrogen and oxygen atoms in total. The van der Waals surface area contributed by atoms with Gasteiger partial charge in [-0.1, -0.05) is 0 Å². The first-order valence-corrected chi connectivity index (χ1v) is 7.01. The predicted molar refractivity (Wildman–Crippen MR) is 67.7 cm³/mol. The number of sulfonamides is 1. The van der Waals surface area contributed by atoms with Gasteiger partial charge in [-0.2, -0.15) is 8.42 Å². The molecule has 0 spiro atoms. The van der Waals surface area contributed by atoms with Gasteiger partial charge in [0.25, 0.3) is 10.0 Å². The summed E-state index contributed by atoms with van der Waals surface area (Å²) < 4.78 is 27.8. The Kier molecular flexibility index (Phi) is 3.66. The molecule has 0 radical (unpaired) electrons. The quantitative estimate of drug-likeness (QED) is 0.806. The number of nitrogens with one attached hydrogen (secondary N) is 1. The Morgan fingerprint density at radius 2 is 2.05 bits per heavy atom. The lowest BCUT2D eigenvalue weighted by molar-refractivity contribution is 0.0691. The Balaban J connectivity index is 2.36. The molecule has 0 aliphatic rings. The summed E-state index contributed by atoms with van der Waals surface area (Å²) in [4.78, 5) is 21.9. The largest absolute Gasteiger partial charge is 0.476 e. The number of nitrogens with zero attached hydrogens (tertiary/aromatic N) is 4. The van der Waals surface area contributed by atoms with Crippen molar-refractivity contribution in [2.24, 2.45) is 0 Å². The average molecular weight is 297 g/mol. The number of anilines is 1. The number of carboxylic acids is 1. The predicted octanol–water partition coefficient (Wildman–Crippen LogP) is 0.192. The van der Waals surface area contributed by atoms with E-state index in [4.69, 9.17) is 5.11 Å². The Morgan fingerprint density at radius 3 is 2.65 bits per heavy atom. The third kappa shape index (κ3) is 2.74. The van der Waals surface area contributed by atoms with Gasteiger partial charge in [-0.25, -0.2) is 19.7 Å². The first kappa shape index (κ1) is 13.9. The molecule has 0 bridgehead atoms. The van der Waals surface area contributed by atoms with Crippen LogP contribution in [-0.4, -0.2) is 39.0 Å². The van der Waals surface area contributed by atoms with Crippen LogP contribution in [0.2, 0.25) is 0 Å². The molecule has 0 aliphatic heterocycles. The number of aryl methyl sites for hydroxylation is 1. The molecule has 20 heavy (non-hydrogen) atoms. The fourth-order valence-electron chi connectivity index (χ4n) is 1.40. The standard InChI is InChI=1S/C10H11N5O4S/c1-2-15-5-7(13-6-15)20(18,19)14-9-8(10(16)17)11-3-4-12-9/h3-6H,2H2,1H3,(H,12,14)(H,16,17). The summed E-state index contributed by atoms with van der Waals surface area (Å²) in [6.45, 7) is 2.39. The molecule has 0 unspecified atom stereocenters. The number of rotatable bonds is 5. The van der Waals surface area contributed by atoms with Crippen molar-refractivity contribution < 1.29 is 18.3 Å². The maximum atomic E-state index is 12.1. The lowest BCUT2D eigenvalue weighted by atomic mass is 10.4. The zero-order valence-corrected chi connectivity index (χ0v) is 11.2. The number of carboxylic acid groups (broad SMARTS) is 1. The first-order chi connectivity index (χ1) is 9.44. The summed E-state index contributed by atoms with van der Waals surface area (Å²) in [7, 11) is -4.01. The van der Waals surface area contributed by atoms with Crippen molar-refractivity contribution in [1.29, 1.82) is 0 Å². The van der Waals surface area contributed by atoms with Crippen LogP contribution >= 0.6 is 0 Å². The van der Waals surface area contributed by atoms with Crippen molar-refractivity contribution in [3.8, 4) is 0 Å². The molecular weight excluding hydrogens is 286 g/mol. The zero-order valence-electron chi connectivity index (χ0n) is 10.4. The van der Waals surface area contributed by atoms with Gasteiger partial charge in [-0.15, -0.1) is 0 Å². The molecule has 0 atom stereocenters. The van der Waals surface area contributed by atoms with Crippen LogP contribution in [0.3, 0.4) is 0 Å². The molecule has 0 aliphatic carbocycles. The SMILES string of the molecule is CCn1cnc(S(=O)(=O)Nc2nccnc2C(=O)O)c1. The Labute approximate surface area is 114 Å². The summed E-state index contributed by atoms with van der Waals surface area (Å²) in [5.41, 5.74) is -0.481. The number of hydrogen-bond donors (Lipinski definition) is 2. The van der Waals surface area contributed by atoms with E-state index >= 15 is 0 Å². The lowest BCUT2D eigenvalue weighted by Crippen LogP contribution is -2.18. The first-order valence-electron chi connectivity index (χ1n) is 5.53. The second-order valence-electron chi connectivity index (χ2n) is 3.71. The van der Waals surface area contributed by atoms with E-state index in [2.05, 4.69) is 19.7 Å². The van der Waals surface area contributed by atoms with Crippen molar-refractivity contribution in [2.45, 2.75) is 18.5 Å². The highest BCUT2D eigenvalue weighted by molar-refractivity contribution is 7.92. The number of carbonyl (C=O) groups is 1. The Morgan fingerprint density at radius 1 is 1.35 bits per heavy atom. The van der Waals surface area contributed by atoms with Gasteiger partial charge in [0.15, 0.2) is 16.5 Å². The van der Waals surface area contributed by atoms with E-state index < -0.39 is 21.7 Å². The Hall–Kier alpha value is -2.49. The zero-order chi connectivity index (χ0) is 14.8. The van der Waals surface area contributed by atoms with E-state index in [1.807, 2.05) is 6.92 Å². The van der Waals surface area contributed by atoms with Gasteiger partial charge in [0, 0.05) is 25.1 Å². The van der Waals surface area contributed by atoms with Crippen molar-refractivity contribution in [1.82, 2.24) is 19.5 Å². The molecule has 0 aromatic carbocycles. The number of aromatic nitrogens is 4. The van der Waals surface area contributed by atoms with Gasteiger partial charge in [-0.05, 0) is 6.92 Å². The molecular formula is C10H11N5O4S. The van der Waals surface area contributed by atoms with Crippen molar-refractivity contribution in [3.05, 3.63) is 30.6 Å². The highest BCUT2D eigenvalue weighted by Gasteiger charge is 2.22. The topological polar surface area (TPSA) is 127 Å². The van der Waals surface area contributed by atoms with Crippen molar-refractivity contribution in [2.75, 3.05) is 4.72 Å². The van der Waals surface area contributed by atoms with Gasteiger partial charge >= 0.3 is 5.97 Å². The van der Waals surface area contributed by atoms with Crippen LogP contribution in [0.25, 0.3) is 0 Å². The van der Waals surface area contributed by atoms with E-state index in [-0.39, 0.29) is 10.8 Å². The molecule has 0 amide bonds. The highest BCUT2D eigenvalue weighted by Crippen LogP contribution is 2.14. The maximum absolute atomic E-state index is 12.1. The maximum Gasteiger partial charge on any atom is 0.358 e. The van der Waals surface area contributed by atoms with E-state index in [0.29, 0.717) is 6.54 Å². The van der Waals surface area contributed by atoms with E-state index in [1.54, 1.807) is 4.57 Å². The minimum atomic E-state index is -4.01. The monoisotopic (exact) mass is 297 g/mol. The highest BCUT2D eigenvalue weighted by atomic mass is 32.2. The molecule has 2 aromatic heterocycles. The fourth-order valence-corrected chi connectivity index (χ4v) is 2.37. The van der Waals surface area contributed by atoms with Gasteiger partial charge < -0.3 is 9.67 Å². The van der Waals surface area contributed by atoms with E-state index in [1.165, 1.54) is 18.7 Å². The van der Waals surface area contributed by atoms with Gasteiger partial charge in [0.05, 0.1) is 6.33 Å². The van der Waals surface area contributed by atoms with E-state index in [9.17, 15) is 13.2 Å². The van der Waals surface area contributed by atoms with Crippen molar-refractivity contribution in [3.63, 3.8) is 0 Å². The molecule has 2 aromatic rings. The third-order valence-electron chi connectivity index (χ3n) is 2.38. The average Bonchev–Trinajstić information content (AvgIpc) is 2.88. The third-order valence-corrected chi connectivity index (χ3v) is 3.61. The van der Waals surface area contributed by atoms with Gasteiger partial charge in [0.2, 0.25) is 0 Å². The van der Waals surface area contributed by atoms with Crippen molar-refractivity contribution >= 4 is 21.8 Å². The summed E-state index contributed by atoms with van der Waals surface area (Å²) in [6.07, 6.45) is 5.05. The van der Waals surface area contributed by atoms with Crippen LogP contribution in [0.4, 0.5) is 5.82 Å². The molecule has 0 saturated carbocycles. The van der Waals surface area contributed by atoms with Crippen LogP contribution in [0.1, 0.15) is 17.4 Å². The van der Waals surface area contributed by atoms with Crippen LogP contribution in [0.15, 0.2) is 29.9 Å². The summed E-state index contributed by atoms with van der Waals surface area (Å²) >= 11 is 0. The molecule has 2 heterocycles. The molecule has 0 saturated heterocycles. The number of aromatic carboxylic acids is 1. The van der Waals surface area contributed by atoms with Crippen LogP contribution in [-0.2, 0) is 16.6 Å². The Bertz CT molecular complexity index is 740. The normalized spacial score (nSPS) is 11.2. The second kappa shape index (κ2) is 5.25. The molecule has 106 valence electrons. The number of imidazole rings is 1. The summed E-state index contributed by atoms with van der Waals surface area (Å²) in [5, 5.41) is 8.70. The van der Waals surface area contributed by atoms with Crippen LogP contribution in [0.5, 0.6) is 0 Å². The summed E-state index contributed by atoms with van der Waals surface area (Å²) in [5.74, 6) is -1.74. The second-order valence-corrected chi connectivity index (χ2v) is 5.34.